The number of rotatable bonds is 4. The monoisotopic (exact) mass is 198 g/mol. The summed E-state index contributed by atoms with van der Waals surface area (Å²) in [6.07, 6.45) is 2.27. The molecule has 1 heterocycles. The summed E-state index contributed by atoms with van der Waals surface area (Å²) < 4.78 is 5.44. The van der Waals surface area contributed by atoms with Crippen molar-refractivity contribution >= 4 is 5.91 Å². The number of carbonyl (C=O) groups excluding carboxylic acids is 1. The van der Waals surface area contributed by atoms with Crippen molar-refractivity contribution in [1.29, 1.82) is 0 Å². The molecule has 0 aromatic rings. The second-order valence-corrected chi connectivity index (χ2v) is 4.50. The zero-order chi connectivity index (χ0) is 10.3. The van der Waals surface area contributed by atoms with E-state index in [1.807, 2.05) is 6.92 Å². The molecule has 0 aromatic heterocycles. The molecule has 0 spiro atoms. The van der Waals surface area contributed by atoms with Crippen molar-refractivity contribution < 1.29 is 9.53 Å². The molecule has 4 heteroatoms. The lowest BCUT2D eigenvalue weighted by Crippen LogP contribution is -2.48. The molecule has 0 bridgehead atoms. The first-order valence-corrected chi connectivity index (χ1v) is 5.19. The van der Waals surface area contributed by atoms with Crippen LogP contribution in [0.15, 0.2) is 0 Å². The van der Waals surface area contributed by atoms with E-state index in [9.17, 15) is 4.79 Å². The Balaban J connectivity index is 2.10. The summed E-state index contributed by atoms with van der Waals surface area (Å²) in [6, 6.07) is 0. The summed E-state index contributed by atoms with van der Waals surface area (Å²) in [5.74, 6) is 0.204. The molecule has 4 nitrogen and oxygen atoms in total. The molecule has 2 rings (SSSR count). The third-order valence-electron chi connectivity index (χ3n) is 3.76. The van der Waals surface area contributed by atoms with E-state index < -0.39 is 0 Å². The smallest absolute Gasteiger partial charge is 0.222 e. The Morgan fingerprint density at radius 1 is 1.71 bits per heavy atom. The largest absolute Gasteiger partial charge is 0.379 e. The molecule has 0 aromatic carbocycles. The molecular weight excluding hydrogens is 180 g/mol. The number of ether oxygens (including phenoxy) is 1. The number of nitrogens with one attached hydrogen (secondary N) is 1. The highest BCUT2D eigenvalue weighted by Crippen LogP contribution is 2.54. The second kappa shape index (κ2) is 3.21. The summed E-state index contributed by atoms with van der Waals surface area (Å²) in [5.41, 5.74) is 5.37. The molecule has 1 amide bonds. The summed E-state index contributed by atoms with van der Waals surface area (Å²) in [5, 5.41) is 3.46. The molecule has 2 unspecified atom stereocenters. The molecule has 4 atom stereocenters. The molecule has 1 saturated carbocycles. The van der Waals surface area contributed by atoms with Crippen LogP contribution in [0.25, 0.3) is 0 Å². The maximum atomic E-state index is 11.1. The van der Waals surface area contributed by atoms with Crippen LogP contribution < -0.4 is 11.1 Å². The normalized spacial score (nSPS) is 38.9. The number of fused-ring (bicyclic) bond motifs is 1. The van der Waals surface area contributed by atoms with Crippen molar-refractivity contribution in [2.24, 2.45) is 17.6 Å². The molecule has 0 radical (unpaired) electrons. The Kier molecular flexibility index (Phi) is 2.27. The maximum Gasteiger partial charge on any atom is 0.222 e. The van der Waals surface area contributed by atoms with Gasteiger partial charge in [0.25, 0.3) is 0 Å². The maximum absolute atomic E-state index is 11.1. The fraction of sp³-hybridized carbons (Fsp3) is 0.900. The van der Waals surface area contributed by atoms with E-state index in [0.29, 0.717) is 5.92 Å². The second-order valence-electron chi connectivity index (χ2n) is 4.50. The number of piperidine rings is 1. The number of carbonyl (C=O) groups is 1. The van der Waals surface area contributed by atoms with Crippen LogP contribution >= 0.6 is 0 Å². The number of amides is 1. The van der Waals surface area contributed by atoms with Crippen molar-refractivity contribution in [2.75, 3.05) is 13.7 Å². The first-order chi connectivity index (χ1) is 6.62. The van der Waals surface area contributed by atoms with Crippen LogP contribution in [0.4, 0.5) is 0 Å². The Morgan fingerprint density at radius 3 is 2.79 bits per heavy atom. The van der Waals surface area contributed by atoms with Crippen LogP contribution in [-0.2, 0) is 9.53 Å². The fourth-order valence-electron chi connectivity index (χ4n) is 2.86. The first kappa shape index (κ1) is 9.93. The van der Waals surface area contributed by atoms with Gasteiger partial charge in [-0.05, 0) is 25.3 Å². The van der Waals surface area contributed by atoms with E-state index in [2.05, 4.69) is 5.32 Å². The summed E-state index contributed by atoms with van der Waals surface area (Å²) in [7, 11) is 1.66. The highest BCUT2D eigenvalue weighted by atomic mass is 16.5. The van der Waals surface area contributed by atoms with Crippen molar-refractivity contribution in [2.45, 2.75) is 31.4 Å². The van der Waals surface area contributed by atoms with Crippen LogP contribution in [0, 0.1) is 11.8 Å². The lowest BCUT2D eigenvalue weighted by Gasteiger charge is -2.28. The highest BCUT2D eigenvalue weighted by Gasteiger charge is 2.63. The van der Waals surface area contributed by atoms with Crippen molar-refractivity contribution in [3.05, 3.63) is 0 Å². The molecule has 1 aliphatic carbocycles. The van der Waals surface area contributed by atoms with E-state index in [1.54, 1.807) is 7.11 Å². The van der Waals surface area contributed by atoms with Gasteiger partial charge in [-0.25, -0.2) is 0 Å². The average molecular weight is 198 g/mol. The minimum atomic E-state index is -0.273. The van der Waals surface area contributed by atoms with Gasteiger partial charge in [0.05, 0.1) is 12.0 Å². The van der Waals surface area contributed by atoms with Gasteiger partial charge < -0.3 is 15.8 Å². The molecule has 2 fully saturated rings. The Hall–Kier alpha value is -0.610. The van der Waals surface area contributed by atoms with Gasteiger partial charge in [0, 0.05) is 12.6 Å². The molecular formula is C10H18N2O2. The third kappa shape index (κ3) is 1.25. The summed E-state index contributed by atoms with van der Waals surface area (Å²) in [4.78, 5) is 11.1. The van der Waals surface area contributed by atoms with Crippen molar-refractivity contribution in [1.82, 2.24) is 5.32 Å². The third-order valence-corrected chi connectivity index (χ3v) is 3.76. The number of methoxy groups -OCH3 is 1. The molecule has 2 aliphatic rings. The number of nitrogens with two attached hydrogens (primary N) is 1. The number of primary amides is 1. The lowest BCUT2D eigenvalue weighted by molar-refractivity contribution is -0.126. The van der Waals surface area contributed by atoms with E-state index >= 15 is 0 Å². The molecule has 14 heavy (non-hydrogen) atoms. The van der Waals surface area contributed by atoms with Crippen LogP contribution in [0.2, 0.25) is 0 Å². The summed E-state index contributed by atoms with van der Waals surface area (Å²) in [6.45, 7) is 2.89. The predicted octanol–water partition coefficient (Wildman–Crippen LogP) is -0.125. The van der Waals surface area contributed by atoms with E-state index in [4.69, 9.17) is 10.5 Å². The van der Waals surface area contributed by atoms with Gasteiger partial charge in [0.2, 0.25) is 5.91 Å². The van der Waals surface area contributed by atoms with Gasteiger partial charge in [-0.15, -0.1) is 0 Å². The van der Waals surface area contributed by atoms with Gasteiger partial charge >= 0.3 is 0 Å². The van der Waals surface area contributed by atoms with Crippen LogP contribution in [0.5, 0.6) is 0 Å². The fourth-order valence-corrected chi connectivity index (χ4v) is 2.86. The molecule has 80 valence electrons. The van der Waals surface area contributed by atoms with Crippen LogP contribution in [0.3, 0.4) is 0 Å². The van der Waals surface area contributed by atoms with Gasteiger partial charge in [-0.1, -0.05) is 6.92 Å². The van der Waals surface area contributed by atoms with Crippen LogP contribution in [-0.4, -0.2) is 31.2 Å². The van der Waals surface area contributed by atoms with Gasteiger partial charge in [0.15, 0.2) is 0 Å². The standard InChI is InChI=1S/C10H18N2O2/c1-6(9(11)13)8(14-2)10-5-7(10)3-4-12-10/h6-8,12H,3-5H2,1-2H3,(H2,11,13)/t6-,7?,8?,10+/m1/s1. The van der Waals surface area contributed by atoms with Crippen molar-refractivity contribution in [3.8, 4) is 0 Å². The lowest BCUT2D eigenvalue weighted by atomic mass is 9.94. The van der Waals surface area contributed by atoms with Gasteiger partial charge in [-0.3, -0.25) is 4.79 Å². The Morgan fingerprint density at radius 2 is 2.43 bits per heavy atom. The van der Waals surface area contributed by atoms with E-state index in [0.717, 1.165) is 13.0 Å². The van der Waals surface area contributed by atoms with Crippen LogP contribution in [0.1, 0.15) is 19.8 Å². The number of hydrogen-bond donors (Lipinski definition) is 2. The predicted molar refractivity (Wildman–Crippen MR) is 52.6 cm³/mol. The summed E-state index contributed by atoms with van der Waals surface area (Å²) >= 11 is 0. The Bertz CT molecular complexity index is 257. The zero-order valence-electron chi connectivity index (χ0n) is 8.75. The van der Waals surface area contributed by atoms with Crippen molar-refractivity contribution in [3.63, 3.8) is 0 Å². The minimum Gasteiger partial charge on any atom is -0.379 e. The molecule has 3 N–H and O–H groups in total. The van der Waals surface area contributed by atoms with Gasteiger partial charge in [-0.2, -0.15) is 0 Å². The molecule has 1 aliphatic heterocycles. The van der Waals surface area contributed by atoms with E-state index in [-0.39, 0.29) is 23.5 Å². The zero-order valence-corrected chi connectivity index (χ0v) is 8.75. The quantitative estimate of drug-likeness (QED) is 0.661. The highest BCUT2D eigenvalue weighted by molar-refractivity contribution is 5.77. The Labute approximate surface area is 84.2 Å². The minimum absolute atomic E-state index is 0.0587. The van der Waals surface area contributed by atoms with Gasteiger partial charge in [0.1, 0.15) is 0 Å². The number of hydrogen-bond acceptors (Lipinski definition) is 3. The average Bonchev–Trinajstić information content (AvgIpc) is 2.70. The molecule has 1 saturated heterocycles. The SMILES string of the molecule is COC([C@@H](C)C(N)=O)[C@]12CC1CCN2. The van der Waals surface area contributed by atoms with E-state index in [1.165, 1.54) is 6.42 Å². The first-order valence-electron chi connectivity index (χ1n) is 5.19. The topological polar surface area (TPSA) is 64.3 Å².